The van der Waals surface area contributed by atoms with Gasteiger partial charge >= 0.3 is 0 Å². The highest BCUT2D eigenvalue weighted by Crippen LogP contribution is 2.63. The Labute approximate surface area is 171 Å². The standard InChI is InChI=1S/C26H38O2/c1-6-8-13-28-23-15-18-9-10-20-19(21(18)14-17(23)7-2)11-12-26(5)22(20)16-25(3,4)24(26)27/h14-15,19-20,22H,6-13,16H2,1-5H3/t19-,20+,22-,26-/m0/s1. The summed E-state index contributed by atoms with van der Waals surface area (Å²) in [6.07, 6.45) is 9.02. The molecule has 3 aliphatic carbocycles. The van der Waals surface area contributed by atoms with Crippen LogP contribution in [0.1, 0.15) is 95.8 Å². The molecule has 0 aromatic heterocycles. The fourth-order valence-electron chi connectivity index (χ4n) is 6.78. The summed E-state index contributed by atoms with van der Waals surface area (Å²) in [5, 5.41) is 0. The van der Waals surface area contributed by atoms with Gasteiger partial charge in [-0.05, 0) is 85.5 Å². The van der Waals surface area contributed by atoms with Crippen LogP contribution in [0.2, 0.25) is 0 Å². The van der Waals surface area contributed by atoms with E-state index in [2.05, 4.69) is 46.8 Å². The number of unbranched alkanes of at least 4 members (excludes halogenated alkanes) is 1. The average Bonchev–Trinajstić information content (AvgIpc) is 2.87. The largest absolute Gasteiger partial charge is 0.493 e. The Hall–Kier alpha value is -1.31. The van der Waals surface area contributed by atoms with Crippen LogP contribution in [-0.4, -0.2) is 12.4 Å². The lowest BCUT2D eigenvalue weighted by molar-refractivity contribution is -0.134. The Kier molecular flexibility index (Phi) is 5.13. The van der Waals surface area contributed by atoms with Gasteiger partial charge in [0.15, 0.2) is 0 Å². The smallest absolute Gasteiger partial charge is 0.144 e. The second-order valence-corrected chi connectivity index (χ2v) is 10.5. The minimum Gasteiger partial charge on any atom is -0.493 e. The van der Waals surface area contributed by atoms with Crippen LogP contribution in [0.3, 0.4) is 0 Å². The van der Waals surface area contributed by atoms with Crippen LogP contribution >= 0.6 is 0 Å². The van der Waals surface area contributed by atoms with E-state index in [-0.39, 0.29) is 10.8 Å². The molecule has 4 rings (SSSR count). The van der Waals surface area contributed by atoms with Crippen molar-refractivity contribution in [2.75, 3.05) is 6.61 Å². The summed E-state index contributed by atoms with van der Waals surface area (Å²) in [6.45, 7) is 11.9. The number of ketones is 1. The number of ether oxygens (including phenoxy) is 1. The minimum atomic E-state index is -0.139. The minimum absolute atomic E-state index is 0.0844. The zero-order valence-electron chi connectivity index (χ0n) is 18.6. The Morgan fingerprint density at radius 3 is 2.64 bits per heavy atom. The van der Waals surface area contributed by atoms with Gasteiger partial charge in [-0.25, -0.2) is 0 Å². The number of hydrogen-bond donors (Lipinski definition) is 0. The topological polar surface area (TPSA) is 26.3 Å². The second-order valence-electron chi connectivity index (χ2n) is 10.5. The molecule has 4 atom stereocenters. The number of carbonyl (C=O) groups is 1. The number of fused-ring (bicyclic) bond motifs is 5. The number of benzene rings is 1. The van der Waals surface area contributed by atoms with E-state index in [4.69, 9.17) is 4.74 Å². The molecule has 1 aromatic carbocycles. The zero-order chi connectivity index (χ0) is 20.1. The first-order valence-corrected chi connectivity index (χ1v) is 11.6. The highest BCUT2D eigenvalue weighted by Gasteiger charge is 2.60. The van der Waals surface area contributed by atoms with E-state index in [0.717, 1.165) is 44.5 Å². The Balaban J connectivity index is 1.65. The van der Waals surface area contributed by atoms with Crippen LogP contribution in [0.25, 0.3) is 0 Å². The summed E-state index contributed by atoms with van der Waals surface area (Å²) in [4.78, 5) is 13.2. The highest BCUT2D eigenvalue weighted by molar-refractivity contribution is 5.92. The Morgan fingerprint density at radius 2 is 1.93 bits per heavy atom. The third kappa shape index (κ3) is 3.02. The molecule has 0 radical (unpaired) electrons. The molecule has 0 aliphatic heterocycles. The van der Waals surface area contributed by atoms with E-state index in [1.165, 1.54) is 30.4 Å². The van der Waals surface area contributed by atoms with Crippen molar-refractivity contribution in [1.82, 2.24) is 0 Å². The molecule has 154 valence electrons. The van der Waals surface area contributed by atoms with Crippen molar-refractivity contribution in [2.45, 2.75) is 91.9 Å². The first kappa shape index (κ1) is 20.0. The van der Waals surface area contributed by atoms with Gasteiger partial charge in [0.2, 0.25) is 0 Å². The molecule has 2 nitrogen and oxygen atoms in total. The summed E-state index contributed by atoms with van der Waals surface area (Å²) in [7, 11) is 0. The first-order valence-electron chi connectivity index (χ1n) is 11.6. The normalized spacial score (nSPS) is 33.2. The lowest BCUT2D eigenvalue weighted by Crippen LogP contribution is -2.43. The van der Waals surface area contributed by atoms with E-state index < -0.39 is 0 Å². The lowest BCUT2D eigenvalue weighted by Gasteiger charge is -2.48. The molecular formula is C26H38O2. The van der Waals surface area contributed by atoms with Gasteiger partial charge in [-0.15, -0.1) is 0 Å². The quantitative estimate of drug-likeness (QED) is 0.544. The van der Waals surface area contributed by atoms with E-state index in [1.54, 1.807) is 5.56 Å². The summed E-state index contributed by atoms with van der Waals surface area (Å²) in [5.41, 5.74) is 4.23. The predicted octanol–water partition coefficient (Wildman–Crippen LogP) is 6.49. The summed E-state index contributed by atoms with van der Waals surface area (Å²) >= 11 is 0. The van der Waals surface area contributed by atoms with Crippen molar-refractivity contribution in [2.24, 2.45) is 22.7 Å². The summed E-state index contributed by atoms with van der Waals surface area (Å²) in [5.74, 6) is 3.52. The van der Waals surface area contributed by atoms with Crippen molar-refractivity contribution < 1.29 is 9.53 Å². The molecule has 0 N–H and O–H groups in total. The second kappa shape index (κ2) is 7.18. The first-order chi connectivity index (χ1) is 13.3. The number of rotatable bonds is 5. The fourth-order valence-corrected chi connectivity index (χ4v) is 6.78. The van der Waals surface area contributed by atoms with Crippen molar-refractivity contribution in [3.05, 3.63) is 28.8 Å². The van der Waals surface area contributed by atoms with Crippen molar-refractivity contribution >= 4 is 5.78 Å². The van der Waals surface area contributed by atoms with Crippen LogP contribution < -0.4 is 4.74 Å². The van der Waals surface area contributed by atoms with Crippen LogP contribution in [0, 0.1) is 22.7 Å². The molecule has 0 heterocycles. The van der Waals surface area contributed by atoms with Gasteiger partial charge in [0, 0.05) is 10.8 Å². The maximum absolute atomic E-state index is 13.2. The number of aryl methyl sites for hydroxylation is 2. The molecule has 2 fully saturated rings. The summed E-state index contributed by atoms with van der Waals surface area (Å²) < 4.78 is 6.15. The van der Waals surface area contributed by atoms with Gasteiger partial charge in [0.25, 0.3) is 0 Å². The number of carbonyl (C=O) groups excluding carboxylic acids is 1. The molecule has 3 aliphatic rings. The average molecular weight is 383 g/mol. The molecule has 28 heavy (non-hydrogen) atoms. The van der Waals surface area contributed by atoms with Gasteiger partial charge in [-0.3, -0.25) is 4.79 Å². The lowest BCUT2D eigenvalue weighted by atomic mass is 9.55. The van der Waals surface area contributed by atoms with Crippen molar-refractivity contribution in [1.29, 1.82) is 0 Å². The molecule has 1 aromatic rings. The van der Waals surface area contributed by atoms with Gasteiger partial charge in [0.1, 0.15) is 11.5 Å². The molecule has 0 unspecified atom stereocenters. The van der Waals surface area contributed by atoms with Gasteiger partial charge < -0.3 is 4.74 Å². The van der Waals surface area contributed by atoms with Gasteiger partial charge in [-0.1, -0.05) is 47.1 Å². The van der Waals surface area contributed by atoms with Crippen LogP contribution in [-0.2, 0) is 17.6 Å². The number of Topliss-reactive ketones (excluding diaryl/α,β-unsaturated/α-hetero) is 1. The van der Waals surface area contributed by atoms with Crippen LogP contribution in [0.15, 0.2) is 12.1 Å². The third-order valence-corrected chi connectivity index (χ3v) is 8.30. The Morgan fingerprint density at radius 1 is 1.14 bits per heavy atom. The third-order valence-electron chi connectivity index (χ3n) is 8.30. The monoisotopic (exact) mass is 382 g/mol. The molecule has 0 bridgehead atoms. The maximum Gasteiger partial charge on any atom is 0.144 e. The van der Waals surface area contributed by atoms with E-state index in [1.807, 2.05) is 0 Å². The number of hydrogen-bond acceptors (Lipinski definition) is 2. The van der Waals surface area contributed by atoms with Gasteiger partial charge in [-0.2, -0.15) is 0 Å². The van der Waals surface area contributed by atoms with Gasteiger partial charge in [0.05, 0.1) is 6.61 Å². The molecule has 2 saturated carbocycles. The molecular weight excluding hydrogens is 344 g/mol. The SMILES string of the molecule is CCCCOc1cc2c(cc1CC)[C@H]1CC[C@]3(C)C(=O)C(C)(C)C[C@H]3[C@@H]1CC2. The van der Waals surface area contributed by atoms with Crippen molar-refractivity contribution in [3.63, 3.8) is 0 Å². The molecule has 0 saturated heterocycles. The highest BCUT2D eigenvalue weighted by atomic mass is 16.5. The Bertz CT molecular complexity index is 762. The van der Waals surface area contributed by atoms with E-state index in [9.17, 15) is 4.79 Å². The maximum atomic E-state index is 13.2. The molecule has 0 amide bonds. The van der Waals surface area contributed by atoms with E-state index in [0.29, 0.717) is 23.5 Å². The van der Waals surface area contributed by atoms with Crippen LogP contribution in [0.5, 0.6) is 5.75 Å². The molecule has 2 heteroatoms. The molecule has 0 spiro atoms. The van der Waals surface area contributed by atoms with Crippen LogP contribution in [0.4, 0.5) is 0 Å². The van der Waals surface area contributed by atoms with E-state index >= 15 is 0 Å². The zero-order valence-corrected chi connectivity index (χ0v) is 18.6. The fraction of sp³-hybridized carbons (Fsp3) is 0.731. The summed E-state index contributed by atoms with van der Waals surface area (Å²) in [6, 6.07) is 4.83. The van der Waals surface area contributed by atoms with Crippen molar-refractivity contribution in [3.8, 4) is 5.75 Å². The predicted molar refractivity (Wildman–Crippen MR) is 115 cm³/mol.